The maximum Gasteiger partial charge on any atom is 0.145 e. The maximum atomic E-state index is 6.00. The van der Waals surface area contributed by atoms with E-state index in [0.717, 1.165) is 44.9 Å². The summed E-state index contributed by atoms with van der Waals surface area (Å²) in [6.07, 6.45) is 1.99. The topological polar surface area (TPSA) is 50.4 Å². The van der Waals surface area contributed by atoms with Crippen molar-refractivity contribution in [2.45, 2.75) is 6.17 Å². The predicted octanol–water partition coefficient (Wildman–Crippen LogP) is 6.07. The minimum absolute atomic E-state index is 0.146. The summed E-state index contributed by atoms with van der Waals surface area (Å²) in [5.74, 6) is 0. The van der Waals surface area contributed by atoms with Gasteiger partial charge < -0.3 is 11.1 Å². The van der Waals surface area contributed by atoms with Gasteiger partial charge in [-0.25, -0.2) is 0 Å². The number of anilines is 1. The second-order valence-corrected chi connectivity index (χ2v) is 7.60. The fourth-order valence-electron chi connectivity index (χ4n) is 3.85. The Hall–Kier alpha value is -4.11. The molecule has 1 unspecified atom stereocenters. The highest BCUT2D eigenvalue weighted by molar-refractivity contribution is 6.13. The Kier molecular flexibility index (Phi) is 5.07. The van der Waals surface area contributed by atoms with Gasteiger partial charge in [0, 0.05) is 16.9 Å². The van der Waals surface area contributed by atoms with Crippen LogP contribution in [0, 0.1) is 0 Å². The Labute approximate surface area is 182 Å². The molecular formula is C28H23N3. The summed E-state index contributed by atoms with van der Waals surface area (Å²) in [6.45, 7) is 0. The summed E-state index contributed by atoms with van der Waals surface area (Å²) in [7, 11) is 0. The molecule has 3 nitrogen and oxygen atoms in total. The van der Waals surface area contributed by atoms with Crippen molar-refractivity contribution >= 4 is 17.1 Å². The largest absolute Gasteiger partial charge is 0.399 e. The van der Waals surface area contributed by atoms with Gasteiger partial charge in [0.2, 0.25) is 0 Å². The first kappa shape index (κ1) is 18.9. The maximum absolute atomic E-state index is 6.00. The number of benzene rings is 4. The molecule has 0 aliphatic carbocycles. The Morgan fingerprint density at radius 3 is 1.97 bits per heavy atom. The summed E-state index contributed by atoms with van der Waals surface area (Å²) >= 11 is 0. The molecule has 4 aromatic rings. The monoisotopic (exact) mass is 401 g/mol. The van der Waals surface area contributed by atoms with Crippen LogP contribution >= 0.6 is 0 Å². The molecule has 0 radical (unpaired) electrons. The normalized spacial score (nSPS) is 15.5. The highest BCUT2D eigenvalue weighted by Gasteiger charge is 2.19. The number of nitrogens with zero attached hydrogens (tertiary/aromatic N) is 1. The number of allylic oxidation sites excluding steroid dienone is 1. The van der Waals surface area contributed by atoms with E-state index in [9.17, 15) is 0 Å². The SMILES string of the molecule is Nc1cccc(-c2cccc(C3=NC(c4ccccc4)NC(c4ccccc4)=C3)c2)c1. The average molecular weight is 402 g/mol. The van der Waals surface area contributed by atoms with Crippen LogP contribution in [-0.2, 0) is 0 Å². The molecule has 0 fully saturated rings. The van der Waals surface area contributed by atoms with Crippen molar-refractivity contribution in [3.8, 4) is 11.1 Å². The highest BCUT2D eigenvalue weighted by atomic mass is 15.1. The minimum Gasteiger partial charge on any atom is -0.399 e. The van der Waals surface area contributed by atoms with Gasteiger partial charge in [-0.3, -0.25) is 4.99 Å². The van der Waals surface area contributed by atoms with Crippen LogP contribution in [0.2, 0.25) is 0 Å². The van der Waals surface area contributed by atoms with Gasteiger partial charge in [0.1, 0.15) is 6.17 Å². The number of nitrogens with one attached hydrogen (secondary N) is 1. The molecule has 0 saturated heterocycles. The van der Waals surface area contributed by atoms with E-state index < -0.39 is 0 Å². The molecule has 0 amide bonds. The first-order valence-corrected chi connectivity index (χ1v) is 10.4. The van der Waals surface area contributed by atoms with Crippen LogP contribution in [0.1, 0.15) is 22.9 Å². The molecule has 1 heterocycles. The van der Waals surface area contributed by atoms with Crippen molar-refractivity contribution < 1.29 is 0 Å². The first-order valence-electron chi connectivity index (χ1n) is 10.4. The van der Waals surface area contributed by atoms with Gasteiger partial charge in [-0.2, -0.15) is 0 Å². The molecule has 1 atom stereocenters. The van der Waals surface area contributed by atoms with Crippen LogP contribution < -0.4 is 11.1 Å². The highest BCUT2D eigenvalue weighted by Crippen LogP contribution is 2.28. The summed E-state index contributed by atoms with van der Waals surface area (Å²) in [6, 6.07) is 37.2. The van der Waals surface area contributed by atoms with Gasteiger partial charge in [0.05, 0.1) is 5.71 Å². The zero-order valence-corrected chi connectivity index (χ0v) is 17.1. The average Bonchev–Trinajstić information content (AvgIpc) is 2.85. The van der Waals surface area contributed by atoms with E-state index in [2.05, 4.69) is 78.1 Å². The Morgan fingerprint density at radius 1 is 0.613 bits per heavy atom. The Balaban J connectivity index is 1.59. The van der Waals surface area contributed by atoms with Crippen molar-refractivity contribution in [3.05, 3.63) is 132 Å². The number of rotatable bonds is 4. The molecule has 4 aromatic carbocycles. The molecule has 0 saturated carbocycles. The minimum atomic E-state index is -0.146. The predicted molar refractivity (Wildman–Crippen MR) is 130 cm³/mol. The smallest absolute Gasteiger partial charge is 0.145 e. The van der Waals surface area contributed by atoms with Gasteiger partial charge >= 0.3 is 0 Å². The molecule has 150 valence electrons. The van der Waals surface area contributed by atoms with E-state index >= 15 is 0 Å². The van der Waals surface area contributed by atoms with Crippen molar-refractivity contribution in [1.29, 1.82) is 0 Å². The standard InChI is InChI=1S/C28H23N3/c29-25-16-8-14-23(18-25)22-13-7-15-24(17-22)27-19-26(20-9-3-1-4-10-20)30-28(31-27)21-11-5-2-6-12-21/h1-19,28,30H,29H2. The van der Waals surface area contributed by atoms with Crippen molar-refractivity contribution in [3.63, 3.8) is 0 Å². The number of hydrogen-bond donors (Lipinski definition) is 2. The fraction of sp³-hybridized carbons (Fsp3) is 0.0357. The molecule has 0 spiro atoms. The quantitative estimate of drug-likeness (QED) is 0.408. The van der Waals surface area contributed by atoms with Crippen molar-refractivity contribution in [1.82, 2.24) is 5.32 Å². The zero-order chi connectivity index (χ0) is 21.0. The molecule has 5 rings (SSSR count). The molecule has 1 aliphatic rings. The molecule has 0 aromatic heterocycles. The lowest BCUT2D eigenvalue weighted by atomic mass is 9.98. The van der Waals surface area contributed by atoms with Gasteiger partial charge in [-0.05, 0) is 46.5 Å². The Bertz CT molecular complexity index is 1260. The van der Waals surface area contributed by atoms with Crippen LogP contribution in [0.5, 0.6) is 0 Å². The van der Waals surface area contributed by atoms with Gasteiger partial charge in [0.15, 0.2) is 0 Å². The number of nitrogens with two attached hydrogens (primary N) is 1. The first-order chi connectivity index (χ1) is 15.3. The van der Waals surface area contributed by atoms with Crippen molar-refractivity contribution in [2.24, 2.45) is 4.99 Å². The molecule has 1 aliphatic heterocycles. The van der Waals surface area contributed by atoms with Gasteiger partial charge in [0.25, 0.3) is 0 Å². The van der Waals surface area contributed by atoms with Gasteiger partial charge in [-0.15, -0.1) is 0 Å². The number of nitrogen functional groups attached to an aromatic ring is 1. The zero-order valence-electron chi connectivity index (χ0n) is 17.1. The third-order valence-corrected chi connectivity index (χ3v) is 5.42. The lowest BCUT2D eigenvalue weighted by Gasteiger charge is -2.25. The lowest BCUT2D eigenvalue weighted by molar-refractivity contribution is 0.664. The van der Waals surface area contributed by atoms with Crippen LogP contribution in [0.4, 0.5) is 5.69 Å². The second kappa shape index (κ2) is 8.33. The van der Waals surface area contributed by atoms with E-state index in [4.69, 9.17) is 10.7 Å². The van der Waals surface area contributed by atoms with Gasteiger partial charge in [-0.1, -0.05) is 91.0 Å². The van der Waals surface area contributed by atoms with E-state index in [-0.39, 0.29) is 6.17 Å². The molecular weight excluding hydrogens is 378 g/mol. The van der Waals surface area contributed by atoms with Crippen LogP contribution in [0.25, 0.3) is 16.8 Å². The van der Waals surface area contributed by atoms with Crippen LogP contribution in [0.15, 0.2) is 120 Å². The fourth-order valence-corrected chi connectivity index (χ4v) is 3.85. The number of aliphatic imine (C=N–C) groups is 1. The summed E-state index contributed by atoms with van der Waals surface area (Å²) in [4.78, 5) is 5.05. The summed E-state index contributed by atoms with van der Waals surface area (Å²) < 4.78 is 0. The Morgan fingerprint density at radius 2 is 1.23 bits per heavy atom. The van der Waals surface area contributed by atoms with Crippen molar-refractivity contribution in [2.75, 3.05) is 5.73 Å². The third kappa shape index (κ3) is 4.12. The molecule has 0 bridgehead atoms. The molecule has 31 heavy (non-hydrogen) atoms. The van der Waals surface area contributed by atoms with E-state index in [1.54, 1.807) is 0 Å². The number of hydrogen-bond acceptors (Lipinski definition) is 3. The van der Waals surface area contributed by atoms with E-state index in [0.29, 0.717) is 0 Å². The summed E-state index contributed by atoms with van der Waals surface area (Å²) in [5.41, 5.74) is 14.4. The third-order valence-electron chi connectivity index (χ3n) is 5.42. The van der Waals surface area contributed by atoms with E-state index in [1.165, 1.54) is 0 Å². The summed E-state index contributed by atoms with van der Waals surface area (Å²) in [5, 5.41) is 3.60. The molecule has 3 heteroatoms. The van der Waals surface area contributed by atoms with Crippen LogP contribution in [0.3, 0.4) is 0 Å². The lowest BCUT2D eigenvalue weighted by Crippen LogP contribution is -2.24. The second-order valence-electron chi connectivity index (χ2n) is 7.60. The van der Waals surface area contributed by atoms with Crippen LogP contribution in [-0.4, -0.2) is 5.71 Å². The molecule has 3 N–H and O–H groups in total. The van der Waals surface area contributed by atoms with E-state index in [1.807, 2.05) is 42.5 Å².